The molecule has 0 N–H and O–H groups in total. The van der Waals surface area contributed by atoms with Crippen LogP contribution in [-0.2, 0) is 0 Å². The number of carbonyl (C=O) groups excluding carboxylic acids is 1. The number of ether oxygens (including phenoxy) is 1. The molecule has 0 bridgehead atoms. The number of rotatable bonds is 7. The number of amides is 1. The summed E-state index contributed by atoms with van der Waals surface area (Å²) in [5, 5.41) is 0.0782. The Kier molecular flexibility index (Phi) is 6.71. The molecule has 0 aliphatic rings. The van der Waals surface area contributed by atoms with Crippen LogP contribution in [0.3, 0.4) is 0 Å². The number of carbonyl (C=O) groups is 1. The second-order valence-electron chi connectivity index (χ2n) is 4.67. The van der Waals surface area contributed by atoms with Crippen molar-refractivity contribution in [3.05, 3.63) is 29.8 Å². The molecule has 0 aromatic heterocycles. The van der Waals surface area contributed by atoms with E-state index in [0.717, 1.165) is 18.6 Å². The second-order valence-corrected chi connectivity index (χ2v) is 5.42. The minimum atomic E-state index is -0.000680. The number of benzene rings is 1. The van der Waals surface area contributed by atoms with Gasteiger partial charge in [0.1, 0.15) is 5.75 Å². The van der Waals surface area contributed by atoms with Crippen LogP contribution in [0.1, 0.15) is 37.0 Å². The van der Waals surface area contributed by atoms with Gasteiger partial charge in [0.05, 0.1) is 6.61 Å². The minimum Gasteiger partial charge on any atom is -0.494 e. The Bertz CT molecular complexity index is 407. The van der Waals surface area contributed by atoms with E-state index in [-0.39, 0.29) is 11.3 Å². The van der Waals surface area contributed by atoms with Gasteiger partial charge in [0.2, 0.25) is 0 Å². The van der Waals surface area contributed by atoms with Crippen LogP contribution < -0.4 is 4.74 Å². The van der Waals surface area contributed by atoms with Crippen molar-refractivity contribution < 1.29 is 9.53 Å². The predicted molar refractivity (Wildman–Crippen MR) is 79.1 cm³/mol. The van der Waals surface area contributed by atoms with Gasteiger partial charge in [-0.25, -0.2) is 0 Å². The molecule has 19 heavy (non-hydrogen) atoms. The maximum atomic E-state index is 12.2. The summed E-state index contributed by atoms with van der Waals surface area (Å²) in [4.78, 5) is 13.9. The smallest absolute Gasteiger partial charge is 0.253 e. The van der Waals surface area contributed by atoms with Crippen molar-refractivity contribution in [1.29, 1.82) is 0 Å². The first-order chi connectivity index (χ1) is 9.04. The molecule has 106 valence electrons. The summed E-state index contributed by atoms with van der Waals surface area (Å²) in [7, 11) is 1.79. The molecule has 1 unspecified atom stereocenters. The van der Waals surface area contributed by atoms with Crippen molar-refractivity contribution in [2.45, 2.75) is 32.1 Å². The summed E-state index contributed by atoms with van der Waals surface area (Å²) in [6.45, 7) is 5.30. The van der Waals surface area contributed by atoms with Gasteiger partial charge in [-0.2, -0.15) is 0 Å². The first kappa shape index (κ1) is 15.8. The van der Waals surface area contributed by atoms with Crippen LogP contribution in [0, 0.1) is 0 Å². The van der Waals surface area contributed by atoms with Gasteiger partial charge >= 0.3 is 0 Å². The first-order valence-corrected chi connectivity index (χ1v) is 7.10. The summed E-state index contributed by atoms with van der Waals surface area (Å²) in [5.41, 5.74) is 0.651. The van der Waals surface area contributed by atoms with Crippen LogP contribution in [0.15, 0.2) is 24.3 Å². The monoisotopic (exact) mass is 283 g/mol. The Morgan fingerprint density at radius 1 is 1.47 bits per heavy atom. The Morgan fingerprint density at radius 3 is 2.84 bits per heavy atom. The molecule has 0 spiro atoms. The average Bonchev–Trinajstić information content (AvgIpc) is 2.41. The van der Waals surface area contributed by atoms with Crippen molar-refractivity contribution in [3.63, 3.8) is 0 Å². The molecule has 1 rings (SSSR count). The molecule has 0 aliphatic carbocycles. The Morgan fingerprint density at radius 2 is 2.21 bits per heavy atom. The zero-order chi connectivity index (χ0) is 14.3. The third kappa shape index (κ3) is 5.52. The molecule has 0 fully saturated rings. The van der Waals surface area contributed by atoms with E-state index < -0.39 is 0 Å². The molecule has 0 radical (unpaired) electrons. The summed E-state index contributed by atoms with van der Waals surface area (Å²) < 4.78 is 5.53. The molecule has 1 amide bonds. The molecule has 0 heterocycles. The third-order valence-electron chi connectivity index (χ3n) is 2.76. The van der Waals surface area contributed by atoms with Crippen LogP contribution in [-0.4, -0.2) is 36.4 Å². The molecule has 1 atom stereocenters. The molecule has 1 aromatic rings. The lowest BCUT2D eigenvalue weighted by atomic mass is 10.2. The van der Waals surface area contributed by atoms with Crippen LogP contribution in [0.4, 0.5) is 0 Å². The zero-order valence-corrected chi connectivity index (χ0v) is 12.6. The molecule has 0 saturated heterocycles. The van der Waals surface area contributed by atoms with Gasteiger partial charge in [-0.1, -0.05) is 13.0 Å². The average molecular weight is 284 g/mol. The highest BCUT2D eigenvalue weighted by molar-refractivity contribution is 6.20. The quantitative estimate of drug-likeness (QED) is 0.716. The number of halogens is 1. The van der Waals surface area contributed by atoms with Crippen LogP contribution >= 0.6 is 11.6 Å². The lowest BCUT2D eigenvalue weighted by Gasteiger charge is -2.18. The summed E-state index contributed by atoms with van der Waals surface area (Å²) >= 11 is 5.90. The van der Waals surface area contributed by atoms with Crippen molar-refractivity contribution in [1.82, 2.24) is 4.90 Å². The first-order valence-electron chi connectivity index (χ1n) is 6.67. The fourth-order valence-electron chi connectivity index (χ4n) is 1.63. The van der Waals surface area contributed by atoms with Gasteiger partial charge in [0.25, 0.3) is 5.91 Å². The number of hydrogen-bond acceptors (Lipinski definition) is 2. The van der Waals surface area contributed by atoms with Gasteiger partial charge in [-0.3, -0.25) is 4.79 Å². The van der Waals surface area contributed by atoms with Crippen LogP contribution in [0.5, 0.6) is 5.75 Å². The standard InChI is InChI=1S/C15H22ClNO2/c1-4-10-19-14-7-5-6-13(11-14)15(18)17(3)9-8-12(2)16/h5-7,11-12H,4,8-10H2,1-3H3. The van der Waals surface area contributed by atoms with E-state index in [9.17, 15) is 4.79 Å². The zero-order valence-electron chi connectivity index (χ0n) is 11.9. The molecule has 0 aliphatic heterocycles. The molecule has 4 heteroatoms. The molecule has 1 aromatic carbocycles. The SMILES string of the molecule is CCCOc1cccc(C(=O)N(C)CCC(C)Cl)c1. The van der Waals surface area contributed by atoms with E-state index in [1.54, 1.807) is 18.0 Å². The van der Waals surface area contributed by atoms with Crippen molar-refractivity contribution in [2.75, 3.05) is 20.2 Å². The predicted octanol–water partition coefficient (Wildman–Crippen LogP) is 3.56. The van der Waals surface area contributed by atoms with Crippen molar-refractivity contribution >= 4 is 17.5 Å². The molecule has 0 saturated carbocycles. The lowest BCUT2D eigenvalue weighted by molar-refractivity contribution is 0.0793. The third-order valence-corrected chi connectivity index (χ3v) is 2.98. The maximum Gasteiger partial charge on any atom is 0.253 e. The van der Waals surface area contributed by atoms with E-state index in [2.05, 4.69) is 6.92 Å². The highest BCUT2D eigenvalue weighted by atomic mass is 35.5. The van der Waals surface area contributed by atoms with Gasteiger partial charge in [0, 0.05) is 24.5 Å². The fourth-order valence-corrected chi connectivity index (χ4v) is 1.73. The second kappa shape index (κ2) is 8.05. The Balaban J connectivity index is 2.65. The van der Waals surface area contributed by atoms with Gasteiger partial charge in [0.15, 0.2) is 0 Å². The molecular weight excluding hydrogens is 262 g/mol. The largest absolute Gasteiger partial charge is 0.494 e. The number of alkyl halides is 1. The van der Waals surface area contributed by atoms with E-state index in [1.165, 1.54) is 0 Å². The van der Waals surface area contributed by atoms with Gasteiger partial charge in [-0.05, 0) is 38.0 Å². The minimum absolute atomic E-state index is 0.000680. The summed E-state index contributed by atoms with van der Waals surface area (Å²) in [5.74, 6) is 0.742. The highest BCUT2D eigenvalue weighted by Gasteiger charge is 2.12. The van der Waals surface area contributed by atoms with Gasteiger partial charge < -0.3 is 9.64 Å². The molecular formula is C15H22ClNO2. The fraction of sp³-hybridized carbons (Fsp3) is 0.533. The Labute approximate surface area is 120 Å². The van der Waals surface area contributed by atoms with E-state index >= 15 is 0 Å². The molecule has 3 nitrogen and oxygen atoms in total. The summed E-state index contributed by atoms with van der Waals surface area (Å²) in [6.07, 6.45) is 1.74. The normalized spacial score (nSPS) is 12.0. The van der Waals surface area contributed by atoms with E-state index in [1.807, 2.05) is 25.1 Å². The summed E-state index contributed by atoms with van der Waals surface area (Å²) in [6, 6.07) is 7.31. The van der Waals surface area contributed by atoms with Crippen LogP contribution in [0.25, 0.3) is 0 Å². The van der Waals surface area contributed by atoms with Crippen molar-refractivity contribution in [3.8, 4) is 5.75 Å². The lowest BCUT2D eigenvalue weighted by Crippen LogP contribution is -2.28. The highest BCUT2D eigenvalue weighted by Crippen LogP contribution is 2.15. The van der Waals surface area contributed by atoms with Gasteiger partial charge in [-0.15, -0.1) is 11.6 Å². The topological polar surface area (TPSA) is 29.5 Å². The maximum absolute atomic E-state index is 12.2. The van der Waals surface area contributed by atoms with Crippen molar-refractivity contribution in [2.24, 2.45) is 0 Å². The van der Waals surface area contributed by atoms with E-state index in [4.69, 9.17) is 16.3 Å². The number of hydrogen-bond donors (Lipinski definition) is 0. The van der Waals surface area contributed by atoms with Crippen LogP contribution in [0.2, 0.25) is 0 Å². The van der Waals surface area contributed by atoms with E-state index in [0.29, 0.717) is 18.7 Å². The number of nitrogens with zero attached hydrogens (tertiary/aromatic N) is 1. The Hall–Kier alpha value is -1.22.